The van der Waals surface area contributed by atoms with E-state index in [0.29, 0.717) is 0 Å². The zero-order valence-corrected chi connectivity index (χ0v) is 45.0. The van der Waals surface area contributed by atoms with Crippen LogP contribution < -0.4 is 9.80 Å². The molecule has 0 unspecified atom stereocenters. The summed E-state index contributed by atoms with van der Waals surface area (Å²) in [6, 6.07) is 92.8. The number of benzene rings is 12. The van der Waals surface area contributed by atoms with Crippen molar-refractivity contribution in [1.82, 2.24) is 0 Å². The lowest BCUT2D eigenvalue weighted by Crippen LogP contribution is -2.20. The van der Waals surface area contributed by atoms with E-state index in [1.807, 2.05) is 0 Å². The normalized spacial score (nSPS) is 13.7. The van der Waals surface area contributed by atoms with Crippen LogP contribution in [-0.2, 0) is 10.8 Å². The summed E-state index contributed by atoms with van der Waals surface area (Å²) >= 11 is 0. The zero-order chi connectivity index (χ0) is 53.4. The number of fused-ring (bicyclic) bond motifs is 14. The van der Waals surface area contributed by atoms with Crippen molar-refractivity contribution in [2.24, 2.45) is 0 Å². The lowest BCUT2D eigenvalue weighted by atomic mass is 9.77. The molecule has 2 aliphatic rings. The van der Waals surface area contributed by atoms with Crippen LogP contribution in [0.4, 0.5) is 34.1 Å². The molecule has 0 fully saturated rings. The molecule has 14 aromatic rings. The summed E-state index contributed by atoms with van der Waals surface area (Å²) in [6.07, 6.45) is 0. The molecule has 4 nitrogen and oxygen atoms in total. The first-order valence-corrected chi connectivity index (χ1v) is 27.8. The van der Waals surface area contributed by atoms with E-state index in [2.05, 4.69) is 292 Å². The number of anilines is 6. The molecule has 0 saturated heterocycles. The first-order valence-electron chi connectivity index (χ1n) is 27.8. The third-order valence-corrected chi connectivity index (χ3v) is 17.6. The van der Waals surface area contributed by atoms with Crippen LogP contribution in [0, 0.1) is 0 Å². The Labute approximate surface area is 465 Å². The maximum Gasteiger partial charge on any atom is 0.159 e. The molecule has 0 radical (unpaired) electrons. The highest BCUT2D eigenvalue weighted by Crippen LogP contribution is 2.60. The second kappa shape index (κ2) is 17.3. The zero-order valence-electron chi connectivity index (χ0n) is 45.0. The van der Waals surface area contributed by atoms with Crippen molar-refractivity contribution in [1.29, 1.82) is 0 Å². The lowest BCUT2D eigenvalue weighted by molar-refractivity contribution is 0.639. The Morgan fingerprint density at radius 3 is 1.34 bits per heavy atom. The van der Waals surface area contributed by atoms with Crippen LogP contribution in [-0.4, -0.2) is 0 Å². The number of furan rings is 2. The number of hydrogen-bond acceptors (Lipinski definition) is 4. The predicted molar refractivity (Wildman–Crippen MR) is 334 cm³/mol. The van der Waals surface area contributed by atoms with Gasteiger partial charge in [-0.2, -0.15) is 0 Å². The maximum atomic E-state index is 6.91. The minimum absolute atomic E-state index is 0.326. The molecule has 2 aliphatic carbocycles. The summed E-state index contributed by atoms with van der Waals surface area (Å²) in [4.78, 5) is 4.90. The summed E-state index contributed by atoms with van der Waals surface area (Å²) < 4.78 is 13.7. The van der Waals surface area contributed by atoms with Crippen LogP contribution in [0.2, 0.25) is 0 Å². The average Bonchev–Trinajstić information content (AvgIpc) is 4.23. The minimum atomic E-state index is -0.353. The summed E-state index contributed by atoms with van der Waals surface area (Å²) in [5.74, 6) is 0. The second-order valence-corrected chi connectivity index (χ2v) is 22.7. The maximum absolute atomic E-state index is 6.91. The van der Waals surface area contributed by atoms with Crippen molar-refractivity contribution < 1.29 is 8.83 Å². The molecular formula is C76H54N2O2. The van der Waals surface area contributed by atoms with Crippen LogP contribution in [0.1, 0.15) is 49.9 Å². The van der Waals surface area contributed by atoms with Crippen molar-refractivity contribution in [2.45, 2.75) is 38.5 Å². The topological polar surface area (TPSA) is 32.8 Å². The monoisotopic (exact) mass is 1030 g/mol. The Bertz CT molecular complexity index is 4850. The predicted octanol–water partition coefficient (Wildman–Crippen LogP) is 21.5. The third-order valence-electron chi connectivity index (χ3n) is 17.6. The van der Waals surface area contributed by atoms with Gasteiger partial charge in [0.15, 0.2) is 11.2 Å². The van der Waals surface area contributed by atoms with Gasteiger partial charge >= 0.3 is 0 Å². The van der Waals surface area contributed by atoms with Gasteiger partial charge in [0, 0.05) is 54.6 Å². The first-order chi connectivity index (χ1) is 39.2. The summed E-state index contributed by atoms with van der Waals surface area (Å²) in [7, 11) is 0. The SMILES string of the molecule is CC1(C)c2cc(N(c3ccccc3-c3ccccc3)c3cccc4c3oc3ccccc34)ccc2-c2cc3c(cc21)C(C)(C)c1cc(N(c2ccccc2-c2ccccc2)c2cccc4c2oc2ccccc24)c2ccccc2c1-3. The third kappa shape index (κ3) is 6.69. The van der Waals surface area contributed by atoms with Crippen molar-refractivity contribution in [3.8, 4) is 44.5 Å². The Hall–Kier alpha value is -9.90. The molecule has 0 bridgehead atoms. The van der Waals surface area contributed by atoms with Crippen molar-refractivity contribution in [3.05, 3.63) is 277 Å². The van der Waals surface area contributed by atoms with Gasteiger partial charge < -0.3 is 18.6 Å². The van der Waals surface area contributed by atoms with E-state index in [1.165, 1.54) is 55.3 Å². The quantitative estimate of drug-likeness (QED) is 0.152. The molecule has 0 atom stereocenters. The van der Waals surface area contributed by atoms with Crippen LogP contribution in [0.3, 0.4) is 0 Å². The average molecular weight is 1030 g/mol. The number of rotatable bonds is 8. The number of hydrogen-bond donors (Lipinski definition) is 0. The number of nitrogens with zero attached hydrogens (tertiary/aromatic N) is 2. The standard InChI is InChI=1S/C76H54N2O2/c1-75(2)61-43-49(77(65-35-17-13-27-50(65)47-23-7-5-8-24-47)67-37-21-33-57-54-30-15-19-39-70(54)79-73(57)67)41-42-52(61)59-44-60-63(45-62(59)75)76(3,4)64-46-69(53-29-11-12-32-56(53)72(60)64)78(66-36-18-14-28-51(66)48-25-9-6-10-26-48)68-38-22-34-58-55-31-16-20-40-71(55)80-74(58)68/h5-46H,1-4H3. The Morgan fingerprint density at radius 2 is 0.725 bits per heavy atom. The van der Waals surface area contributed by atoms with Crippen molar-refractivity contribution in [2.75, 3.05) is 9.80 Å². The lowest BCUT2D eigenvalue weighted by Gasteiger charge is -2.31. The van der Waals surface area contributed by atoms with Gasteiger partial charge in [0.25, 0.3) is 0 Å². The minimum Gasteiger partial charge on any atom is -0.454 e. The van der Waals surface area contributed by atoms with Gasteiger partial charge in [0.2, 0.25) is 0 Å². The fourth-order valence-electron chi connectivity index (χ4n) is 13.8. The van der Waals surface area contributed by atoms with Crippen LogP contribution in [0.5, 0.6) is 0 Å². The van der Waals surface area contributed by atoms with E-state index in [4.69, 9.17) is 8.83 Å². The molecule has 0 aliphatic heterocycles. The summed E-state index contributed by atoms with van der Waals surface area (Å²) in [5, 5.41) is 6.81. The van der Waals surface area contributed by atoms with Gasteiger partial charge in [-0.25, -0.2) is 0 Å². The van der Waals surface area contributed by atoms with Gasteiger partial charge in [-0.15, -0.1) is 0 Å². The molecule has 4 heteroatoms. The van der Waals surface area contributed by atoms with Gasteiger partial charge in [-0.1, -0.05) is 222 Å². The molecule has 0 amide bonds. The summed E-state index contributed by atoms with van der Waals surface area (Å²) in [5.41, 5.74) is 24.2. The van der Waals surface area contributed by atoms with Gasteiger partial charge in [-0.05, 0) is 122 Å². The van der Waals surface area contributed by atoms with Crippen LogP contribution >= 0.6 is 0 Å². The van der Waals surface area contributed by atoms with E-state index in [9.17, 15) is 0 Å². The highest BCUT2D eigenvalue weighted by atomic mass is 16.3. The Kier molecular flexibility index (Phi) is 9.99. The molecule has 12 aromatic carbocycles. The molecule has 2 heterocycles. The van der Waals surface area contributed by atoms with E-state index in [0.717, 1.165) is 100 Å². The van der Waals surface area contributed by atoms with E-state index in [1.54, 1.807) is 0 Å². The van der Waals surface area contributed by atoms with Crippen LogP contribution in [0.25, 0.3) is 99.2 Å². The molecule has 16 rings (SSSR count). The smallest absolute Gasteiger partial charge is 0.159 e. The van der Waals surface area contributed by atoms with Gasteiger partial charge in [0.1, 0.15) is 11.2 Å². The highest BCUT2D eigenvalue weighted by molar-refractivity contribution is 6.16. The largest absolute Gasteiger partial charge is 0.454 e. The fourth-order valence-corrected chi connectivity index (χ4v) is 13.8. The van der Waals surface area contributed by atoms with Gasteiger partial charge in [-0.3, -0.25) is 0 Å². The fraction of sp³-hybridized carbons (Fsp3) is 0.0789. The molecule has 0 spiro atoms. The van der Waals surface area contributed by atoms with Gasteiger partial charge in [0.05, 0.1) is 28.4 Å². The molecule has 380 valence electrons. The molecule has 80 heavy (non-hydrogen) atoms. The van der Waals surface area contributed by atoms with E-state index < -0.39 is 0 Å². The summed E-state index contributed by atoms with van der Waals surface area (Å²) in [6.45, 7) is 9.69. The Morgan fingerprint density at radius 1 is 0.275 bits per heavy atom. The second-order valence-electron chi connectivity index (χ2n) is 22.7. The molecule has 0 N–H and O–H groups in total. The molecule has 0 saturated carbocycles. The molecular weight excluding hydrogens is 973 g/mol. The van der Waals surface area contributed by atoms with Crippen molar-refractivity contribution >= 4 is 88.8 Å². The van der Waals surface area contributed by atoms with E-state index >= 15 is 0 Å². The van der Waals surface area contributed by atoms with Crippen LogP contribution in [0.15, 0.2) is 264 Å². The van der Waals surface area contributed by atoms with E-state index in [-0.39, 0.29) is 10.8 Å². The Balaban J connectivity index is 0.893. The first kappa shape index (κ1) is 46.2. The number of para-hydroxylation sites is 6. The highest BCUT2D eigenvalue weighted by Gasteiger charge is 2.44. The van der Waals surface area contributed by atoms with Crippen molar-refractivity contribution in [3.63, 3.8) is 0 Å². The molecule has 2 aromatic heterocycles.